The minimum atomic E-state index is 0.102. The molecule has 1 aliphatic rings. The van der Waals surface area contributed by atoms with Gasteiger partial charge in [-0.15, -0.1) is 0 Å². The van der Waals surface area contributed by atoms with E-state index in [9.17, 15) is 4.79 Å². The third-order valence-electron chi connectivity index (χ3n) is 4.82. The fourth-order valence-corrected chi connectivity index (χ4v) is 3.24. The quantitative estimate of drug-likeness (QED) is 0.778. The van der Waals surface area contributed by atoms with Gasteiger partial charge < -0.3 is 19.7 Å². The lowest BCUT2D eigenvalue weighted by atomic mass is 10.1. The van der Waals surface area contributed by atoms with Gasteiger partial charge in [-0.3, -0.25) is 4.79 Å². The van der Waals surface area contributed by atoms with Gasteiger partial charge in [0, 0.05) is 32.1 Å². The Hall–Kier alpha value is -2.37. The molecule has 2 aromatic rings. The summed E-state index contributed by atoms with van der Waals surface area (Å²) in [6.45, 7) is 3.44. The first kappa shape index (κ1) is 19.4. The monoisotopic (exact) mass is 368 g/mol. The normalized spacial score (nSPS) is 16.7. The van der Waals surface area contributed by atoms with Crippen LogP contribution in [0.4, 0.5) is 0 Å². The summed E-state index contributed by atoms with van der Waals surface area (Å²) in [7, 11) is 1.66. The van der Waals surface area contributed by atoms with Crippen molar-refractivity contribution in [3.8, 4) is 5.75 Å². The van der Waals surface area contributed by atoms with Crippen molar-refractivity contribution >= 4 is 5.91 Å². The smallest absolute Gasteiger partial charge is 0.224 e. The van der Waals surface area contributed by atoms with Crippen LogP contribution in [-0.2, 0) is 22.5 Å². The van der Waals surface area contributed by atoms with Gasteiger partial charge in [0.1, 0.15) is 5.75 Å². The second-order valence-corrected chi connectivity index (χ2v) is 6.83. The first-order valence-electron chi connectivity index (χ1n) is 9.50. The number of morpholine rings is 1. The second kappa shape index (κ2) is 10.1. The van der Waals surface area contributed by atoms with Gasteiger partial charge >= 0.3 is 0 Å². The molecule has 1 saturated heterocycles. The molecule has 2 aromatic carbocycles. The minimum absolute atomic E-state index is 0.102. The number of hydrogen-bond acceptors (Lipinski definition) is 4. The zero-order valence-corrected chi connectivity index (χ0v) is 15.9. The number of methoxy groups -OCH3 is 1. The van der Waals surface area contributed by atoms with Crippen LogP contribution in [0.15, 0.2) is 54.6 Å². The van der Waals surface area contributed by atoms with Crippen molar-refractivity contribution in [3.63, 3.8) is 0 Å². The Morgan fingerprint density at radius 1 is 1.15 bits per heavy atom. The lowest BCUT2D eigenvalue weighted by molar-refractivity contribution is -0.133. The Morgan fingerprint density at radius 2 is 1.93 bits per heavy atom. The van der Waals surface area contributed by atoms with Crippen molar-refractivity contribution < 1.29 is 14.3 Å². The van der Waals surface area contributed by atoms with Crippen LogP contribution in [-0.4, -0.2) is 50.3 Å². The van der Waals surface area contributed by atoms with E-state index in [0.717, 1.165) is 30.9 Å². The summed E-state index contributed by atoms with van der Waals surface area (Å²) in [4.78, 5) is 14.9. The van der Waals surface area contributed by atoms with Crippen LogP contribution in [0.5, 0.6) is 5.75 Å². The Balaban J connectivity index is 1.63. The van der Waals surface area contributed by atoms with Gasteiger partial charge in [-0.2, -0.15) is 0 Å². The van der Waals surface area contributed by atoms with Crippen molar-refractivity contribution in [2.24, 2.45) is 0 Å². The molecule has 5 nitrogen and oxygen atoms in total. The molecule has 1 heterocycles. The maximum Gasteiger partial charge on any atom is 0.224 e. The summed E-state index contributed by atoms with van der Waals surface area (Å²) in [5.41, 5.74) is 2.34. The average molecular weight is 368 g/mol. The molecule has 0 bridgehead atoms. The number of carbonyl (C=O) groups is 1. The number of nitrogens with one attached hydrogen (secondary N) is 1. The van der Waals surface area contributed by atoms with Crippen molar-refractivity contribution in [2.45, 2.75) is 25.4 Å². The van der Waals surface area contributed by atoms with E-state index in [2.05, 4.69) is 29.6 Å². The zero-order chi connectivity index (χ0) is 18.9. The SMILES string of the molecule is COc1ccc(CCN(Cc2ccccc2)C(=O)CC2COCCN2)cc1. The molecule has 0 radical (unpaired) electrons. The van der Waals surface area contributed by atoms with E-state index in [1.165, 1.54) is 5.56 Å². The van der Waals surface area contributed by atoms with Crippen LogP contribution in [0.3, 0.4) is 0 Å². The Labute approximate surface area is 161 Å². The van der Waals surface area contributed by atoms with E-state index < -0.39 is 0 Å². The van der Waals surface area contributed by atoms with Crippen LogP contribution < -0.4 is 10.1 Å². The molecule has 144 valence electrons. The third-order valence-corrected chi connectivity index (χ3v) is 4.82. The van der Waals surface area contributed by atoms with Crippen LogP contribution >= 0.6 is 0 Å². The molecule has 1 fully saturated rings. The molecule has 1 unspecified atom stereocenters. The number of carbonyl (C=O) groups excluding carboxylic acids is 1. The lowest BCUT2D eigenvalue weighted by Gasteiger charge is -2.28. The first-order valence-corrected chi connectivity index (χ1v) is 9.50. The predicted molar refractivity (Wildman–Crippen MR) is 106 cm³/mol. The summed E-state index contributed by atoms with van der Waals surface area (Å²) in [5.74, 6) is 1.01. The largest absolute Gasteiger partial charge is 0.497 e. The van der Waals surface area contributed by atoms with E-state index in [-0.39, 0.29) is 11.9 Å². The van der Waals surface area contributed by atoms with Crippen LogP contribution in [0.25, 0.3) is 0 Å². The third kappa shape index (κ3) is 6.08. The van der Waals surface area contributed by atoms with Crippen LogP contribution in [0, 0.1) is 0 Å². The summed E-state index contributed by atoms with van der Waals surface area (Å²) < 4.78 is 10.7. The average Bonchev–Trinajstić information content (AvgIpc) is 2.73. The number of rotatable bonds is 8. The predicted octanol–water partition coefficient (Wildman–Crippen LogP) is 2.65. The molecule has 1 N–H and O–H groups in total. The molecule has 1 aliphatic heterocycles. The lowest BCUT2D eigenvalue weighted by Crippen LogP contribution is -2.45. The summed E-state index contributed by atoms with van der Waals surface area (Å²) in [6, 6.07) is 18.3. The van der Waals surface area contributed by atoms with Crippen molar-refractivity contribution in [2.75, 3.05) is 33.4 Å². The number of benzene rings is 2. The molecule has 0 spiro atoms. The van der Waals surface area contributed by atoms with Gasteiger partial charge in [0.15, 0.2) is 0 Å². The fraction of sp³-hybridized carbons (Fsp3) is 0.409. The van der Waals surface area contributed by atoms with Gasteiger partial charge in [-0.25, -0.2) is 0 Å². The van der Waals surface area contributed by atoms with Gasteiger partial charge in [-0.05, 0) is 29.7 Å². The number of ether oxygens (including phenoxy) is 2. The van der Waals surface area contributed by atoms with E-state index >= 15 is 0 Å². The number of hydrogen-bond donors (Lipinski definition) is 1. The first-order chi connectivity index (χ1) is 13.2. The number of amides is 1. The maximum absolute atomic E-state index is 12.9. The van der Waals surface area contributed by atoms with E-state index in [1.807, 2.05) is 35.2 Å². The molecule has 0 aliphatic carbocycles. The van der Waals surface area contributed by atoms with Crippen LogP contribution in [0.2, 0.25) is 0 Å². The minimum Gasteiger partial charge on any atom is -0.497 e. The molecule has 1 amide bonds. The second-order valence-electron chi connectivity index (χ2n) is 6.83. The fourth-order valence-electron chi connectivity index (χ4n) is 3.24. The molecule has 1 atom stereocenters. The van der Waals surface area contributed by atoms with Gasteiger partial charge in [0.05, 0.1) is 20.3 Å². The number of nitrogens with zero attached hydrogens (tertiary/aromatic N) is 1. The topological polar surface area (TPSA) is 50.8 Å². The molecule has 0 aromatic heterocycles. The molecule has 3 rings (SSSR count). The highest BCUT2D eigenvalue weighted by atomic mass is 16.5. The highest BCUT2D eigenvalue weighted by Crippen LogP contribution is 2.14. The summed E-state index contributed by atoms with van der Waals surface area (Å²) in [6.07, 6.45) is 1.28. The summed E-state index contributed by atoms with van der Waals surface area (Å²) >= 11 is 0. The maximum atomic E-state index is 12.9. The Morgan fingerprint density at radius 3 is 2.59 bits per heavy atom. The van der Waals surface area contributed by atoms with Crippen molar-refractivity contribution in [3.05, 3.63) is 65.7 Å². The molecule has 0 saturated carbocycles. The van der Waals surface area contributed by atoms with Crippen molar-refractivity contribution in [1.29, 1.82) is 0 Å². The highest BCUT2D eigenvalue weighted by molar-refractivity contribution is 5.77. The molecular formula is C22H28N2O3. The Kier molecular flexibility index (Phi) is 7.25. The van der Waals surface area contributed by atoms with Gasteiger partial charge in [-0.1, -0.05) is 42.5 Å². The Bertz CT molecular complexity index is 697. The summed E-state index contributed by atoms with van der Waals surface area (Å²) in [5, 5.41) is 3.37. The highest BCUT2D eigenvalue weighted by Gasteiger charge is 2.21. The van der Waals surface area contributed by atoms with E-state index in [4.69, 9.17) is 9.47 Å². The van der Waals surface area contributed by atoms with Gasteiger partial charge in [0.25, 0.3) is 0 Å². The molecular weight excluding hydrogens is 340 g/mol. The van der Waals surface area contributed by atoms with E-state index in [1.54, 1.807) is 7.11 Å². The van der Waals surface area contributed by atoms with Crippen LogP contribution in [0.1, 0.15) is 17.5 Å². The molecule has 5 heteroatoms. The van der Waals surface area contributed by atoms with Gasteiger partial charge in [0.2, 0.25) is 5.91 Å². The van der Waals surface area contributed by atoms with Crippen molar-refractivity contribution in [1.82, 2.24) is 10.2 Å². The standard InChI is InChI=1S/C22H28N2O3/c1-26-21-9-7-18(8-10-21)11-13-24(16-19-5-3-2-4-6-19)22(25)15-20-17-27-14-12-23-20/h2-10,20,23H,11-17H2,1H3. The molecule has 27 heavy (non-hydrogen) atoms. The van der Waals surface area contributed by atoms with E-state index in [0.29, 0.717) is 26.1 Å². The zero-order valence-electron chi connectivity index (χ0n) is 15.9.